The highest BCUT2D eigenvalue weighted by Gasteiger charge is 2.42. The second kappa shape index (κ2) is 11.5. The molecule has 0 unspecified atom stereocenters. The summed E-state index contributed by atoms with van der Waals surface area (Å²) >= 11 is 3.64. The molecule has 4 aromatic carbocycles. The van der Waals surface area contributed by atoms with E-state index in [1.807, 2.05) is 12.1 Å². The Morgan fingerprint density at radius 3 is 1.77 bits per heavy atom. The summed E-state index contributed by atoms with van der Waals surface area (Å²) in [4.78, 5) is 0. The van der Waals surface area contributed by atoms with Gasteiger partial charge in [-0.1, -0.05) is 125 Å². The fraction of sp³-hybridized carbons (Fsp3) is 0.200. The molecule has 5 heteroatoms. The van der Waals surface area contributed by atoms with E-state index in [2.05, 4.69) is 119 Å². The van der Waals surface area contributed by atoms with Crippen molar-refractivity contribution in [2.75, 3.05) is 13.2 Å². The normalized spacial score (nSPS) is 18.3. The van der Waals surface area contributed by atoms with E-state index in [9.17, 15) is 0 Å². The number of ether oxygens (including phenoxy) is 2. The monoisotopic (exact) mass is 544 g/mol. The Morgan fingerprint density at radius 2 is 1.23 bits per heavy atom. The van der Waals surface area contributed by atoms with E-state index in [-0.39, 0.29) is 12.4 Å². The summed E-state index contributed by atoms with van der Waals surface area (Å²) in [5.41, 5.74) is 1.18. The van der Waals surface area contributed by atoms with Crippen LogP contribution in [0.5, 0.6) is 0 Å². The van der Waals surface area contributed by atoms with Gasteiger partial charge in [-0.15, -0.1) is 0 Å². The Labute approximate surface area is 216 Å². The molecule has 4 aromatic rings. The number of hydrogen-bond donors (Lipinski definition) is 0. The molecular formula is C30H29BrO3Si. The summed E-state index contributed by atoms with van der Waals surface area (Å²) in [7, 11) is -2.74. The zero-order valence-corrected chi connectivity index (χ0v) is 22.1. The molecule has 0 spiro atoms. The summed E-state index contributed by atoms with van der Waals surface area (Å²) in [6.45, 7) is 1.18. The maximum atomic E-state index is 7.10. The van der Waals surface area contributed by atoms with Crippen LogP contribution in [-0.2, 0) is 20.3 Å². The van der Waals surface area contributed by atoms with E-state index in [1.165, 1.54) is 21.1 Å². The van der Waals surface area contributed by atoms with Crippen LogP contribution in [0.25, 0.3) is 0 Å². The van der Waals surface area contributed by atoms with E-state index >= 15 is 0 Å². The molecule has 0 bridgehead atoms. The SMILES string of the molecule is Brc1ccccc1C[C@H]1OCC[C@@H](CO[Si](c2ccccc2)(c2ccccc2)c2ccccc2)O1. The average molecular weight is 546 g/mol. The second-order valence-corrected chi connectivity index (χ2v) is 13.0. The first-order valence-electron chi connectivity index (χ1n) is 12.1. The van der Waals surface area contributed by atoms with Crippen molar-refractivity contribution in [1.29, 1.82) is 0 Å². The van der Waals surface area contributed by atoms with Crippen molar-refractivity contribution in [2.45, 2.75) is 25.2 Å². The number of rotatable bonds is 8. The summed E-state index contributed by atoms with van der Waals surface area (Å²) in [6, 6.07) is 40.2. The lowest BCUT2D eigenvalue weighted by Gasteiger charge is -2.36. The van der Waals surface area contributed by atoms with Gasteiger partial charge >= 0.3 is 0 Å². The zero-order chi connectivity index (χ0) is 23.9. The lowest BCUT2D eigenvalue weighted by Crippen LogP contribution is -2.70. The first-order valence-corrected chi connectivity index (χ1v) is 14.8. The molecule has 0 aromatic heterocycles. The predicted octanol–water partition coefficient (Wildman–Crippen LogP) is 4.81. The number of benzene rings is 4. The topological polar surface area (TPSA) is 27.7 Å². The van der Waals surface area contributed by atoms with Crippen LogP contribution in [0.15, 0.2) is 120 Å². The molecule has 5 rings (SSSR count). The first-order chi connectivity index (χ1) is 17.3. The molecule has 1 heterocycles. The highest BCUT2D eigenvalue weighted by molar-refractivity contribution is 9.10. The third-order valence-corrected chi connectivity index (χ3v) is 11.3. The lowest BCUT2D eigenvalue weighted by atomic mass is 10.1. The Hall–Kier alpha value is -2.54. The van der Waals surface area contributed by atoms with Crippen LogP contribution in [0.3, 0.4) is 0 Å². The van der Waals surface area contributed by atoms with Crippen LogP contribution in [0.2, 0.25) is 0 Å². The maximum absolute atomic E-state index is 7.10. The highest BCUT2D eigenvalue weighted by Crippen LogP contribution is 2.23. The third-order valence-electron chi connectivity index (χ3n) is 6.46. The molecule has 0 radical (unpaired) electrons. The van der Waals surface area contributed by atoms with Crippen LogP contribution in [0, 0.1) is 0 Å². The molecule has 1 saturated heterocycles. The molecule has 0 N–H and O–H groups in total. The van der Waals surface area contributed by atoms with Crippen LogP contribution in [-0.4, -0.2) is 33.9 Å². The molecular weight excluding hydrogens is 516 g/mol. The molecule has 1 aliphatic heterocycles. The van der Waals surface area contributed by atoms with Crippen molar-refractivity contribution in [1.82, 2.24) is 0 Å². The van der Waals surface area contributed by atoms with Crippen LogP contribution >= 0.6 is 15.9 Å². The van der Waals surface area contributed by atoms with Crippen molar-refractivity contribution >= 4 is 39.8 Å². The van der Waals surface area contributed by atoms with Crippen molar-refractivity contribution in [3.63, 3.8) is 0 Å². The lowest BCUT2D eigenvalue weighted by molar-refractivity contribution is -0.216. The van der Waals surface area contributed by atoms with Gasteiger partial charge in [-0.2, -0.15) is 0 Å². The maximum Gasteiger partial charge on any atom is 0.288 e. The minimum absolute atomic E-state index is 0.0285. The van der Waals surface area contributed by atoms with Gasteiger partial charge in [0, 0.05) is 10.9 Å². The Bertz CT molecular complexity index is 1110. The highest BCUT2D eigenvalue weighted by atomic mass is 79.9. The standard InChI is InChI=1S/C30H29BrO3Si/c31-29-19-11-10-12-24(29)22-30-32-21-20-25(34-30)23-33-35(26-13-4-1-5-14-26,27-15-6-2-7-16-27)28-17-8-3-9-18-28/h1-19,25,30H,20-23H2/t25-,30-/m0/s1. The summed E-state index contributed by atoms with van der Waals surface area (Å²) < 4.78 is 20.5. The van der Waals surface area contributed by atoms with Gasteiger partial charge in [0.15, 0.2) is 6.29 Å². The largest absolute Gasteiger partial charge is 0.402 e. The Balaban J connectivity index is 1.43. The van der Waals surface area contributed by atoms with E-state index in [4.69, 9.17) is 13.9 Å². The predicted molar refractivity (Wildman–Crippen MR) is 147 cm³/mol. The van der Waals surface area contributed by atoms with Gasteiger partial charge in [0.2, 0.25) is 0 Å². The molecule has 2 atom stereocenters. The van der Waals surface area contributed by atoms with Crippen molar-refractivity contribution in [3.8, 4) is 0 Å². The minimum Gasteiger partial charge on any atom is -0.402 e. The van der Waals surface area contributed by atoms with E-state index in [1.54, 1.807) is 0 Å². The van der Waals surface area contributed by atoms with Gasteiger partial charge < -0.3 is 13.9 Å². The second-order valence-electron chi connectivity index (χ2n) is 8.73. The van der Waals surface area contributed by atoms with Gasteiger partial charge in [0.05, 0.1) is 19.3 Å². The molecule has 1 fully saturated rings. The van der Waals surface area contributed by atoms with Gasteiger partial charge in [0.1, 0.15) is 0 Å². The third kappa shape index (κ3) is 5.50. The molecule has 3 nitrogen and oxygen atoms in total. The van der Waals surface area contributed by atoms with Crippen molar-refractivity contribution in [2.24, 2.45) is 0 Å². The van der Waals surface area contributed by atoms with Crippen LogP contribution in [0.1, 0.15) is 12.0 Å². The van der Waals surface area contributed by atoms with E-state index < -0.39 is 8.32 Å². The summed E-state index contributed by atoms with van der Waals surface area (Å²) in [5.74, 6) is 0. The average Bonchev–Trinajstić information content (AvgIpc) is 2.92. The number of halogens is 1. The molecule has 35 heavy (non-hydrogen) atoms. The van der Waals surface area contributed by atoms with Gasteiger partial charge in [-0.05, 0) is 33.6 Å². The fourth-order valence-electron chi connectivity index (χ4n) is 4.71. The molecule has 0 aliphatic carbocycles. The molecule has 0 amide bonds. The van der Waals surface area contributed by atoms with Gasteiger partial charge in [-0.3, -0.25) is 0 Å². The summed E-state index contributed by atoms with van der Waals surface area (Å²) in [5, 5.41) is 3.69. The van der Waals surface area contributed by atoms with Crippen LogP contribution in [0.4, 0.5) is 0 Å². The van der Waals surface area contributed by atoms with Gasteiger partial charge in [-0.25, -0.2) is 0 Å². The number of hydrogen-bond acceptors (Lipinski definition) is 3. The van der Waals surface area contributed by atoms with E-state index in [0.29, 0.717) is 19.6 Å². The van der Waals surface area contributed by atoms with Gasteiger partial charge in [0.25, 0.3) is 8.32 Å². The smallest absolute Gasteiger partial charge is 0.288 e. The molecule has 178 valence electrons. The quantitative estimate of drug-likeness (QED) is 0.235. The molecule has 1 aliphatic rings. The van der Waals surface area contributed by atoms with Crippen molar-refractivity contribution in [3.05, 3.63) is 125 Å². The Kier molecular flexibility index (Phi) is 7.91. The molecule has 0 saturated carbocycles. The fourth-order valence-corrected chi connectivity index (χ4v) is 9.08. The van der Waals surface area contributed by atoms with Crippen molar-refractivity contribution < 1.29 is 13.9 Å². The Morgan fingerprint density at radius 1 is 0.714 bits per heavy atom. The summed E-state index contributed by atoms with van der Waals surface area (Å²) in [6.07, 6.45) is 1.21. The first kappa shape index (κ1) is 24.2. The van der Waals surface area contributed by atoms with Crippen LogP contribution < -0.4 is 15.6 Å². The minimum atomic E-state index is -2.74. The van der Waals surface area contributed by atoms with E-state index in [0.717, 1.165) is 10.9 Å². The zero-order valence-electron chi connectivity index (χ0n) is 19.6.